The maximum absolute atomic E-state index is 10.6. The SMILES string of the molecule is CC(C)OCCCCNc1ccc([N+](=O)[O-])cc1I. The molecule has 0 aliphatic rings. The summed E-state index contributed by atoms with van der Waals surface area (Å²) in [6.45, 7) is 5.67. The van der Waals surface area contributed by atoms with Crippen molar-refractivity contribution in [3.63, 3.8) is 0 Å². The second-order valence-corrected chi connectivity index (χ2v) is 5.64. The predicted octanol–water partition coefficient (Wildman–Crippen LogP) is 3.82. The molecule has 1 aromatic rings. The number of nitro benzene ring substituents is 1. The largest absolute Gasteiger partial charge is 0.384 e. The summed E-state index contributed by atoms with van der Waals surface area (Å²) in [5.41, 5.74) is 1.07. The molecule has 0 amide bonds. The van der Waals surface area contributed by atoms with Crippen molar-refractivity contribution in [1.82, 2.24) is 0 Å². The van der Waals surface area contributed by atoms with Gasteiger partial charge in [-0.25, -0.2) is 0 Å². The molecule has 1 N–H and O–H groups in total. The van der Waals surface area contributed by atoms with Crippen molar-refractivity contribution in [3.8, 4) is 0 Å². The summed E-state index contributed by atoms with van der Waals surface area (Å²) >= 11 is 2.10. The molecule has 0 aromatic heterocycles. The number of nitrogens with zero attached hydrogens (tertiary/aromatic N) is 1. The molecular formula is C13H19IN2O3. The Balaban J connectivity index is 2.32. The maximum atomic E-state index is 10.6. The van der Waals surface area contributed by atoms with Gasteiger partial charge in [0.05, 0.1) is 11.0 Å². The Hall–Kier alpha value is -0.890. The van der Waals surface area contributed by atoms with Gasteiger partial charge in [0, 0.05) is 34.5 Å². The van der Waals surface area contributed by atoms with E-state index in [1.54, 1.807) is 12.1 Å². The van der Waals surface area contributed by atoms with Gasteiger partial charge in [0.1, 0.15) is 0 Å². The summed E-state index contributed by atoms with van der Waals surface area (Å²) in [6.07, 6.45) is 2.30. The van der Waals surface area contributed by atoms with E-state index in [4.69, 9.17) is 4.74 Å². The lowest BCUT2D eigenvalue weighted by atomic mass is 10.2. The standard InChI is InChI=1S/C13H19IN2O3/c1-10(2)19-8-4-3-7-15-13-6-5-11(16(17)18)9-12(13)14/h5-6,9-10,15H,3-4,7-8H2,1-2H3. The van der Waals surface area contributed by atoms with Crippen LogP contribution in [0.15, 0.2) is 18.2 Å². The summed E-state index contributed by atoms with van der Waals surface area (Å²) in [4.78, 5) is 10.2. The van der Waals surface area contributed by atoms with Crippen molar-refractivity contribution in [2.75, 3.05) is 18.5 Å². The molecular weight excluding hydrogens is 359 g/mol. The zero-order chi connectivity index (χ0) is 14.3. The molecule has 19 heavy (non-hydrogen) atoms. The lowest BCUT2D eigenvalue weighted by Crippen LogP contribution is -2.07. The number of nitrogens with one attached hydrogen (secondary N) is 1. The molecule has 1 rings (SSSR count). The van der Waals surface area contributed by atoms with E-state index in [0.717, 1.165) is 35.3 Å². The molecule has 0 fully saturated rings. The number of anilines is 1. The molecule has 0 atom stereocenters. The average molecular weight is 378 g/mol. The molecule has 0 heterocycles. The first-order chi connectivity index (χ1) is 9.00. The van der Waals surface area contributed by atoms with Gasteiger partial charge in [0.25, 0.3) is 5.69 Å². The van der Waals surface area contributed by atoms with Crippen molar-refractivity contribution in [2.24, 2.45) is 0 Å². The second-order valence-electron chi connectivity index (χ2n) is 4.47. The smallest absolute Gasteiger partial charge is 0.270 e. The minimum atomic E-state index is -0.380. The second kappa shape index (κ2) is 8.31. The van der Waals surface area contributed by atoms with E-state index < -0.39 is 0 Å². The van der Waals surface area contributed by atoms with E-state index >= 15 is 0 Å². The zero-order valence-corrected chi connectivity index (χ0v) is 13.3. The molecule has 0 aliphatic heterocycles. The maximum Gasteiger partial charge on any atom is 0.270 e. The van der Waals surface area contributed by atoms with Crippen LogP contribution in [-0.4, -0.2) is 24.2 Å². The van der Waals surface area contributed by atoms with Gasteiger partial charge in [-0.05, 0) is 55.3 Å². The predicted molar refractivity (Wildman–Crippen MR) is 84.6 cm³/mol. The van der Waals surface area contributed by atoms with Crippen LogP contribution in [0.4, 0.5) is 11.4 Å². The van der Waals surface area contributed by atoms with Crippen LogP contribution in [0, 0.1) is 13.7 Å². The first-order valence-corrected chi connectivity index (χ1v) is 7.38. The Kier molecular flexibility index (Phi) is 7.07. The topological polar surface area (TPSA) is 64.4 Å². The van der Waals surface area contributed by atoms with Crippen LogP contribution in [0.2, 0.25) is 0 Å². The number of hydrogen-bond donors (Lipinski definition) is 1. The molecule has 5 nitrogen and oxygen atoms in total. The Morgan fingerprint density at radius 1 is 1.42 bits per heavy atom. The first kappa shape index (κ1) is 16.2. The molecule has 0 radical (unpaired) electrons. The number of ether oxygens (including phenoxy) is 1. The summed E-state index contributed by atoms with van der Waals surface area (Å²) in [5, 5.41) is 13.9. The lowest BCUT2D eigenvalue weighted by molar-refractivity contribution is -0.384. The van der Waals surface area contributed by atoms with E-state index in [9.17, 15) is 10.1 Å². The third-order valence-corrected chi connectivity index (χ3v) is 3.39. The van der Waals surface area contributed by atoms with Gasteiger partial charge in [-0.15, -0.1) is 0 Å². The zero-order valence-electron chi connectivity index (χ0n) is 11.2. The number of hydrogen-bond acceptors (Lipinski definition) is 4. The molecule has 1 aromatic carbocycles. The fourth-order valence-electron chi connectivity index (χ4n) is 1.53. The average Bonchev–Trinajstić information content (AvgIpc) is 2.34. The van der Waals surface area contributed by atoms with Gasteiger partial charge in [-0.1, -0.05) is 0 Å². The third kappa shape index (κ3) is 6.20. The highest BCUT2D eigenvalue weighted by molar-refractivity contribution is 14.1. The molecule has 0 saturated heterocycles. The van der Waals surface area contributed by atoms with Crippen LogP contribution in [-0.2, 0) is 4.74 Å². The van der Waals surface area contributed by atoms with Gasteiger partial charge in [0.15, 0.2) is 0 Å². The number of unbranched alkanes of at least 4 members (excludes halogenated alkanes) is 1. The van der Waals surface area contributed by atoms with Crippen molar-refractivity contribution < 1.29 is 9.66 Å². The molecule has 0 unspecified atom stereocenters. The molecule has 106 valence electrons. The third-order valence-electron chi connectivity index (χ3n) is 2.50. The number of non-ortho nitro benzene ring substituents is 1. The number of halogens is 1. The molecule has 0 spiro atoms. The van der Waals surface area contributed by atoms with Crippen LogP contribution in [0.1, 0.15) is 26.7 Å². The fourth-order valence-corrected chi connectivity index (χ4v) is 2.22. The number of benzene rings is 1. The Morgan fingerprint density at radius 3 is 2.74 bits per heavy atom. The fraction of sp³-hybridized carbons (Fsp3) is 0.538. The van der Waals surface area contributed by atoms with E-state index in [1.807, 2.05) is 13.8 Å². The van der Waals surface area contributed by atoms with Gasteiger partial charge >= 0.3 is 0 Å². The highest BCUT2D eigenvalue weighted by Gasteiger charge is 2.08. The highest BCUT2D eigenvalue weighted by Crippen LogP contribution is 2.23. The van der Waals surface area contributed by atoms with Crippen molar-refractivity contribution in [3.05, 3.63) is 31.9 Å². The minimum absolute atomic E-state index is 0.125. The monoisotopic (exact) mass is 378 g/mol. The molecule has 0 aliphatic carbocycles. The summed E-state index contributed by atoms with van der Waals surface area (Å²) in [7, 11) is 0. The van der Waals surface area contributed by atoms with Crippen molar-refractivity contribution in [1.29, 1.82) is 0 Å². The summed E-state index contributed by atoms with van der Waals surface area (Å²) < 4.78 is 6.32. The minimum Gasteiger partial charge on any atom is -0.384 e. The summed E-state index contributed by atoms with van der Waals surface area (Å²) in [5.74, 6) is 0. The van der Waals surface area contributed by atoms with Gasteiger partial charge in [-0.2, -0.15) is 0 Å². The van der Waals surface area contributed by atoms with Crippen LogP contribution < -0.4 is 5.32 Å². The highest BCUT2D eigenvalue weighted by atomic mass is 127. The Morgan fingerprint density at radius 2 is 2.16 bits per heavy atom. The van der Waals surface area contributed by atoms with Crippen LogP contribution in [0.5, 0.6) is 0 Å². The molecule has 0 saturated carbocycles. The van der Waals surface area contributed by atoms with E-state index in [0.29, 0.717) is 0 Å². The van der Waals surface area contributed by atoms with Gasteiger partial charge in [-0.3, -0.25) is 10.1 Å². The van der Waals surface area contributed by atoms with Gasteiger partial charge in [0.2, 0.25) is 0 Å². The van der Waals surface area contributed by atoms with Gasteiger partial charge < -0.3 is 10.1 Å². The Labute approximate surface area is 127 Å². The quantitative estimate of drug-likeness (QED) is 0.323. The van der Waals surface area contributed by atoms with Crippen LogP contribution in [0.25, 0.3) is 0 Å². The normalized spacial score (nSPS) is 10.7. The molecule has 6 heteroatoms. The lowest BCUT2D eigenvalue weighted by Gasteiger charge is -2.09. The van der Waals surface area contributed by atoms with E-state index in [2.05, 4.69) is 27.9 Å². The van der Waals surface area contributed by atoms with Crippen molar-refractivity contribution >= 4 is 34.0 Å². The summed E-state index contributed by atoms with van der Waals surface area (Å²) in [6, 6.07) is 4.85. The van der Waals surface area contributed by atoms with Crippen molar-refractivity contribution in [2.45, 2.75) is 32.8 Å². The van der Waals surface area contributed by atoms with E-state index in [1.165, 1.54) is 6.07 Å². The number of rotatable bonds is 8. The molecule has 0 bridgehead atoms. The van der Waals surface area contributed by atoms with Crippen LogP contribution in [0.3, 0.4) is 0 Å². The first-order valence-electron chi connectivity index (χ1n) is 6.30. The van der Waals surface area contributed by atoms with Crippen LogP contribution >= 0.6 is 22.6 Å². The number of nitro groups is 1. The van der Waals surface area contributed by atoms with E-state index in [-0.39, 0.29) is 16.7 Å². The Bertz CT molecular complexity index is 424.